The number of hydrogen-bond acceptors (Lipinski definition) is 4. The van der Waals surface area contributed by atoms with Crippen molar-refractivity contribution >= 4 is 12.0 Å². The molecule has 0 saturated carbocycles. The average molecular weight is 380 g/mol. The zero-order valence-corrected chi connectivity index (χ0v) is 16.3. The second-order valence-electron chi connectivity index (χ2n) is 6.50. The zero-order chi connectivity index (χ0) is 20.1. The summed E-state index contributed by atoms with van der Waals surface area (Å²) in [5.74, 6) is 0.284. The predicted octanol–water partition coefficient (Wildman–Crippen LogP) is 3.80. The number of carbonyl (C=O) groups is 2. The highest BCUT2D eigenvalue weighted by atomic mass is 16.5. The van der Waals surface area contributed by atoms with Gasteiger partial charge in [0.05, 0.1) is 18.2 Å². The van der Waals surface area contributed by atoms with Gasteiger partial charge in [-0.05, 0) is 37.1 Å². The molecule has 0 saturated heterocycles. The Hall–Kier alpha value is -3.28. The number of carbonyl (C=O) groups excluding carboxylic acids is 2. The highest BCUT2D eigenvalue weighted by molar-refractivity contribution is 5.94. The molecule has 1 heterocycles. The number of nitrogens with one attached hydrogen (secondary N) is 1. The summed E-state index contributed by atoms with van der Waals surface area (Å²) >= 11 is 0. The van der Waals surface area contributed by atoms with Gasteiger partial charge in [0.25, 0.3) is 0 Å². The van der Waals surface area contributed by atoms with Gasteiger partial charge in [0.1, 0.15) is 12.4 Å². The lowest BCUT2D eigenvalue weighted by molar-refractivity contribution is -0.139. The van der Waals surface area contributed by atoms with E-state index in [-0.39, 0.29) is 12.6 Å². The summed E-state index contributed by atoms with van der Waals surface area (Å²) in [6, 6.07) is 16.4. The van der Waals surface area contributed by atoms with Crippen LogP contribution in [0.5, 0.6) is 5.75 Å². The molecule has 0 aliphatic carbocycles. The SMILES string of the molecule is CCOC(=O)C1=C(C)N(C)C(=O)N[C@H]1c1ccc(OCc2ccccc2)cc1. The van der Waals surface area contributed by atoms with E-state index in [9.17, 15) is 9.59 Å². The van der Waals surface area contributed by atoms with Crippen LogP contribution in [0.1, 0.15) is 31.0 Å². The van der Waals surface area contributed by atoms with E-state index in [2.05, 4.69) is 5.32 Å². The Kier molecular flexibility index (Phi) is 5.99. The molecule has 0 spiro atoms. The van der Waals surface area contributed by atoms with Crippen molar-refractivity contribution in [3.63, 3.8) is 0 Å². The van der Waals surface area contributed by atoms with Crippen molar-refractivity contribution < 1.29 is 19.1 Å². The normalized spacial score (nSPS) is 16.6. The third-order valence-corrected chi connectivity index (χ3v) is 4.71. The molecule has 0 radical (unpaired) electrons. The number of hydrogen-bond donors (Lipinski definition) is 1. The van der Waals surface area contributed by atoms with E-state index < -0.39 is 12.0 Å². The number of ether oxygens (including phenoxy) is 2. The summed E-state index contributed by atoms with van der Waals surface area (Å²) in [4.78, 5) is 26.1. The Morgan fingerprint density at radius 3 is 2.43 bits per heavy atom. The average Bonchev–Trinajstić information content (AvgIpc) is 2.71. The molecule has 146 valence electrons. The summed E-state index contributed by atoms with van der Waals surface area (Å²) in [5, 5.41) is 2.87. The Bertz CT molecular complexity index is 875. The van der Waals surface area contributed by atoms with Crippen LogP contribution in [0.25, 0.3) is 0 Å². The minimum absolute atomic E-state index is 0.264. The van der Waals surface area contributed by atoms with E-state index in [4.69, 9.17) is 9.47 Å². The van der Waals surface area contributed by atoms with Crippen molar-refractivity contribution in [2.45, 2.75) is 26.5 Å². The summed E-state index contributed by atoms with van der Waals surface area (Å²) in [5.41, 5.74) is 2.88. The number of rotatable bonds is 6. The minimum atomic E-state index is -0.564. The molecular weight excluding hydrogens is 356 g/mol. The van der Waals surface area contributed by atoms with Crippen LogP contribution in [-0.4, -0.2) is 30.6 Å². The number of allylic oxidation sites excluding steroid dienone is 1. The molecule has 1 N–H and O–H groups in total. The number of urea groups is 1. The van der Waals surface area contributed by atoms with Crippen LogP contribution in [0.3, 0.4) is 0 Å². The standard InChI is InChI=1S/C22H24N2O4/c1-4-27-21(25)19-15(2)24(3)22(26)23-20(19)17-10-12-18(13-11-17)28-14-16-8-6-5-7-9-16/h5-13,20H,4,14H2,1-3H3,(H,23,26)/t20-/m0/s1. The van der Waals surface area contributed by atoms with Crippen LogP contribution >= 0.6 is 0 Å². The molecule has 3 rings (SSSR count). The first-order valence-electron chi connectivity index (χ1n) is 9.20. The lowest BCUT2D eigenvalue weighted by Gasteiger charge is -2.33. The van der Waals surface area contributed by atoms with Gasteiger partial charge in [-0.15, -0.1) is 0 Å². The van der Waals surface area contributed by atoms with Gasteiger partial charge in [-0.2, -0.15) is 0 Å². The van der Waals surface area contributed by atoms with Gasteiger partial charge in [-0.25, -0.2) is 9.59 Å². The van der Waals surface area contributed by atoms with Gasteiger partial charge in [0, 0.05) is 12.7 Å². The first kappa shape index (κ1) is 19.5. The number of benzene rings is 2. The van der Waals surface area contributed by atoms with Gasteiger partial charge in [0.2, 0.25) is 0 Å². The maximum Gasteiger partial charge on any atom is 0.338 e. The smallest absolute Gasteiger partial charge is 0.338 e. The Morgan fingerprint density at radius 1 is 1.11 bits per heavy atom. The molecule has 1 aliphatic rings. The van der Waals surface area contributed by atoms with E-state index in [0.717, 1.165) is 11.1 Å². The van der Waals surface area contributed by atoms with Gasteiger partial charge in [-0.1, -0.05) is 42.5 Å². The Labute approximate surface area is 164 Å². The summed E-state index contributed by atoms with van der Waals surface area (Å²) in [6.45, 7) is 4.24. The number of nitrogens with zero attached hydrogens (tertiary/aromatic N) is 1. The second kappa shape index (κ2) is 8.61. The van der Waals surface area contributed by atoms with Crippen molar-refractivity contribution in [1.82, 2.24) is 10.2 Å². The van der Waals surface area contributed by atoms with Gasteiger partial charge < -0.3 is 19.7 Å². The first-order valence-corrected chi connectivity index (χ1v) is 9.20. The molecule has 0 aromatic heterocycles. The molecule has 0 bridgehead atoms. The van der Waals surface area contributed by atoms with E-state index in [1.807, 2.05) is 54.6 Å². The van der Waals surface area contributed by atoms with Crippen LogP contribution in [0.15, 0.2) is 65.9 Å². The maximum atomic E-state index is 12.5. The van der Waals surface area contributed by atoms with E-state index >= 15 is 0 Å². The van der Waals surface area contributed by atoms with Crippen molar-refractivity contribution in [1.29, 1.82) is 0 Å². The quantitative estimate of drug-likeness (QED) is 0.774. The van der Waals surface area contributed by atoms with Gasteiger partial charge >= 0.3 is 12.0 Å². The number of esters is 1. The van der Waals surface area contributed by atoms with Gasteiger partial charge in [-0.3, -0.25) is 0 Å². The highest BCUT2D eigenvalue weighted by Gasteiger charge is 2.34. The fraction of sp³-hybridized carbons (Fsp3) is 0.273. The Balaban J connectivity index is 1.80. The second-order valence-corrected chi connectivity index (χ2v) is 6.50. The number of amides is 2. The van der Waals surface area contributed by atoms with Crippen LogP contribution < -0.4 is 10.1 Å². The minimum Gasteiger partial charge on any atom is -0.489 e. The molecule has 2 aromatic carbocycles. The largest absolute Gasteiger partial charge is 0.489 e. The fourth-order valence-electron chi connectivity index (χ4n) is 3.06. The van der Waals surface area contributed by atoms with Crippen molar-refractivity contribution in [2.75, 3.05) is 13.7 Å². The van der Waals surface area contributed by atoms with E-state index in [0.29, 0.717) is 23.6 Å². The van der Waals surface area contributed by atoms with Crippen molar-refractivity contribution in [2.24, 2.45) is 0 Å². The van der Waals surface area contributed by atoms with E-state index in [1.54, 1.807) is 20.9 Å². The highest BCUT2D eigenvalue weighted by Crippen LogP contribution is 2.31. The van der Waals surface area contributed by atoms with E-state index in [1.165, 1.54) is 4.90 Å². The predicted molar refractivity (Wildman–Crippen MR) is 106 cm³/mol. The topological polar surface area (TPSA) is 67.9 Å². The van der Waals surface area contributed by atoms with Crippen molar-refractivity contribution in [3.8, 4) is 5.75 Å². The maximum absolute atomic E-state index is 12.5. The van der Waals surface area contributed by atoms with Crippen molar-refractivity contribution in [3.05, 3.63) is 77.0 Å². The van der Waals surface area contributed by atoms with Gasteiger partial charge in [0.15, 0.2) is 0 Å². The molecule has 28 heavy (non-hydrogen) atoms. The lowest BCUT2D eigenvalue weighted by atomic mass is 9.95. The first-order chi connectivity index (χ1) is 13.5. The molecule has 6 nitrogen and oxygen atoms in total. The van der Waals surface area contributed by atoms with Crippen LogP contribution in [0.2, 0.25) is 0 Å². The molecule has 0 fully saturated rings. The lowest BCUT2D eigenvalue weighted by Crippen LogP contribution is -2.46. The molecule has 2 aromatic rings. The molecule has 1 atom stereocenters. The van der Waals surface area contributed by atoms with Crippen LogP contribution in [0, 0.1) is 0 Å². The van der Waals surface area contributed by atoms with Crippen LogP contribution in [0.4, 0.5) is 4.79 Å². The molecule has 0 unspecified atom stereocenters. The third-order valence-electron chi connectivity index (χ3n) is 4.71. The molecular formula is C22H24N2O4. The molecule has 1 aliphatic heterocycles. The summed E-state index contributed by atoms with van der Waals surface area (Å²) in [7, 11) is 1.63. The zero-order valence-electron chi connectivity index (χ0n) is 16.3. The molecule has 6 heteroatoms. The summed E-state index contributed by atoms with van der Waals surface area (Å²) in [6.07, 6.45) is 0. The summed E-state index contributed by atoms with van der Waals surface area (Å²) < 4.78 is 11.0. The third kappa shape index (κ3) is 4.17. The Morgan fingerprint density at radius 2 is 1.79 bits per heavy atom. The monoisotopic (exact) mass is 380 g/mol. The molecule has 2 amide bonds. The fourth-order valence-corrected chi connectivity index (χ4v) is 3.06. The van der Waals surface area contributed by atoms with Crippen LogP contribution in [-0.2, 0) is 16.1 Å².